The third-order valence-corrected chi connectivity index (χ3v) is 4.86. The zero-order valence-corrected chi connectivity index (χ0v) is 17.6. The lowest BCUT2D eigenvalue weighted by Crippen LogP contribution is -2.78. The molecule has 0 rings (SSSR count). The van der Waals surface area contributed by atoms with E-state index < -0.39 is 84.2 Å². The molecule has 241 valence electrons. The Morgan fingerprint density at radius 3 is 0.625 bits per heavy atom. The summed E-state index contributed by atoms with van der Waals surface area (Å²) in [4.78, 5) is 0. The van der Waals surface area contributed by atoms with E-state index in [-0.39, 0.29) is 0 Å². The van der Waals surface area contributed by atoms with Gasteiger partial charge in [-0.15, -0.1) is 0 Å². The Morgan fingerprint density at radius 2 is 0.450 bits per heavy atom. The van der Waals surface area contributed by atoms with Crippen LogP contribution in [0.15, 0.2) is 0 Å². The van der Waals surface area contributed by atoms with Crippen LogP contribution in [0, 0.1) is 6.92 Å². The third kappa shape index (κ3) is 4.39. The molecule has 0 aliphatic heterocycles. The molecule has 0 amide bonds. The second kappa shape index (κ2) is 9.38. The van der Waals surface area contributed by atoms with Gasteiger partial charge in [0, 0.05) is 6.42 Å². The van der Waals surface area contributed by atoms with Crippen molar-refractivity contribution >= 4 is 0 Å². The van der Waals surface area contributed by atoms with Crippen molar-refractivity contribution in [1.82, 2.24) is 0 Å². The van der Waals surface area contributed by atoms with Crippen molar-refractivity contribution in [3.8, 4) is 0 Å². The van der Waals surface area contributed by atoms with Gasteiger partial charge in [-0.3, -0.25) is 0 Å². The summed E-state index contributed by atoms with van der Waals surface area (Å²) in [7, 11) is 0. The predicted octanol–water partition coefficient (Wildman–Crippen LogP) is 9.15. The smallest absolute Gasteiger partial charge is 0.200 e. The fraction of sp³-hybridized carbons (Fsp3) is 0.933. The van der Waals surface area contributed by atoms with Gasteiger partial charge in [-0.25, -0.2) is 0 Å². The summed E-state index contributed by atoms with van der Waals surface area (Å²) >= 11 is 0. The van der Waals surface area contributed by atoms with Crippen molar-refractivity contribution < 1.29 is 110 Å². The predicted molar refractivity (Wildman–Crippen MR) is 75.1 cm³/mol. The van der Waals surface area contributed by atoms with E-state index in [0.717, 1.165) is 0 Å². The first kappa shape index (κ1) is 38.2. The molecule has 0 aromatic heterocycles. The Labute approximate surface area is 202 Å². The average Bonchev–Trinajstić information content (AvgIpc) is 2.71. The monoisotopic (exact) mass is 661 g/mol. The van der Waals surface area contributed by atoms with Crippen molar-refractivity contribution in [3.05, 3.63) is 6.92 Å². The Bertz CT molecular complexity index is 904. The van der Waals surface area contributed by atoms with Crippen molar-refractivity contribution in [2.45, 2.75) is 84.2 Å². The third-order valence-electron chi connectivity index (χ3n) is 4.86. The Balaban J connectivity index is 7.30. The normalized spacial score (nSPS) is 16.9. The van der Waals surface area contributed by atoms with Crippen LogP contribution in [0.2, 0.25) is 0 Å². The minimum Gasteiger partial charge on any atom is -0.200 e. The molecular formula is C15H6F25. The Kier molecular flexibility index (Phi) is 8.97. The fourth-order valence-electron chi connectivity index (χ4n) is 2.36. The van der Waals surface area contributed by atoms with E-state index in [9.17, 15) is 110 Å². The SMILES string of the molecule is [CH2]CCC(F)(F)C(F)(F)C(F)(F)C(F)(F)C(F)(F)C(F)(F)C(F)(F)C(F)(F)C(F)(F)C(F)(F)C(F)(F)C(F)(F)F. The molecule has 0 aliphatic rings. The Hall–Kier alpha value is -1.75. The second-order valence-electron chi connectivity index (χ2n) is 7.55. The van der Waals surface area contributed by atoms with Crippen molar-refractivity contribution in [2.24, 2.45) is 0 Å². The first-order valence-electron chi connectivity index (χ1n) is 8.83. The lowest BCUT2D eigenvalue weighted by atomic mass is 9.84. The molecule has 0 aromatic carbocycles. The van der Waals surface area contributed by atoms with E-state index in [1.165, 1.54) is 0 Å². The molecule has 0 nitrogen and oxygen atoms in total. The summed E-state index contributed by atoms with van der Waals surface area (Å²) in [5.41, 5.74) is 0. The zero-order valence-electron chi connectivity index (χ0n) is 17.6. The summed E-state index contributed by atoms with van der Waals surface area (Å²) in [6.07, 6.45) is -12.6. The largest absolute Gasteiger partial charge is 0.460 e. The number of hydrogen-bond donors (Lipinski definition) is 0. The minimum atomic E-state index is -9.57. The molecule has 0 aliphatic carbocycles. The quantitative estimate of drug-likeness (QED) is 0.183. The summed E-state index contributed by atoms with van der Waals surface area (Å²) in [5, 5.41) is 0. The zero-order chi connectivity index (χ0) is 33.4. The second-order valence-corrected chi connectivity index (χ2v) is 7.55. The summed E-state index contributed by atoms with van der Waals surface area (Å²) in [6, 6.07) is 0. The molecule has 0 N–H and O–H groups in total. The van der Waals surface area contributed by atoms with E-state index in [2.05, 4.69) is 6.92 Å². The average molecular weight is 661 g/mol. The number of alkyl halides is 25. The van der Waals surface area contributed by atoms with Crippen LogP contribution in [0.4, 0.5) is 110 Å². The van der Waals surface area contributed by atoms with E-state index in [0.29, 0.717) is 0 Å². The van der Waals surface area contributed by atoms with E-state index >= 15 is 0 Å². The standard InChI is InChI=1S/C15H6F25/c1-2-3-4(16,17)5(18,19)6(20,21)7(22,23)8(24,25)9(26,27)10(28,29)11(30,31)12(32,33)13(34,35)14(36,37)15(38,39)40/h1-3H2. The highest BCUT2D eigenvalue weighted by Gasteiger charge is 2.99. The molecule has 0 unspecified atom stereocenters. The molecule has 0 saturated carbocycles. The number of rotatable bonds is 12. The van der Waals surface area contributed by atoms with E-state index in [1.807, 2.05) is 0 Å². The van der Waals surface area contributed by atoms with Crippen LogP contribution in [-0.4, -0.2) is 71.3 Å². The van der Waals surface area contributed by atoms with Crippen LogP contribution in [0.3, 0.4) is 0 Å². The van der Waals surface area contributed by atoms with Crippen molar-refractivity contribution in [2.75, 3.05) is 0 Å². The lowest BCUT2D eigenvalue weighted by Gasteiger charge is -2.45. The first-order chi connectivity index (χ1) is 16.8. The van der Waals surface area contributed by atoms with Gasteiger partial charge in [0.05, 0.1) is 0 Å². The van der Waals surface area contributed by atoms with Gasteiger partial charge in [0.1, 0.15) is 0 Å². The molecular weight excluding hydrogens is 655 g/mol. The maximum atomic E-state index is 13.6. The summed E-state index contributed by atoms with van der Waals surface area (Å²) in [5.74, 6) is -97.7. The van der Waals surface area contributed by atoms with Crippen LogP contribution in [0.25, 0.3) is 0 Å². The van der Waals surface area contributed by atoms with Gasteiger partial charge in [0.25, 0.3) is 0 Å². The molecule has 0 heterocycles. The van der Waals surface area contributed by atoms with Gasteiger partial charge in [-0.05, 0) is 6.42 Å². The molecule has 1 radical (unpaired) electrons. The van der Waals surface area contributed by atoms with Gasteiger partial charge in [-0.1, -0.05) is 6.92 Å². The lowest BCUT2D eigenvalue weighted by molar-refractivity contribution is -0.482. The maximum absolute atomic E-state index is 13.6. The highest BCUT2D eigenvalue weighted by molar-refractivity contribution is 5.19. The molecule has 25 heteroatoms. The van der Waals surface area contributed by atoms with E-state index in [4.69, 9.17) is 0 Å². The van der Waals surface area contributed by atoms with Crippen LogP contribution in [-0.2, 0) is 0 Å². The summed E-state index contributed by atoms with van der Waals surface area (Å²) < 4.78 is 329. The molecule has 0 fully saturated rings. The van der Waals surface area contributed by atoms with Gasteiger partial charge in [-0.2, -0.15) is 110 Å². The molecule has 40 heavy (non-hydrogen) atoms. The molecule has 0 saturated heterocycles. The number of hydrogen-bond acceptors (Lipinski definition) is 0. The fourth-order valence-corrected chi connectivity index (χ4v) is 2.36. The van der Waals surface area contributed by atoms with Crippen LogP contribution in [0.5, 0.6) is 0 Å². The summed E-state index contributed by atoms with van der Waals surface area (Å²) in [6.45, 7) is 2.30. The highest BCUT2D eigenvalue weighted by Crippen LogP contribution is 2.67. The molecule has 0 atom stereocenters. The van der Waals surface area contributed by atoms with Gasteiger partial charge >= 0.3 is 71.3 Å². The highest BCUT2D eigenvalue weighted by atomic mass is 19.4. The van der Waals surface area contributed by atoms with Crippen LogP contribution >= 0.6 is 0 Å². The van der Waals surface area contributed by atoms with Gasteiger partial charge in [0.2, 0.25) is 0 Å². The van der Waals surface area contributed by atoms with Crippen molar-refractivity contribution in [1.29, 1.82) is 0 Å². The van der Waals surface area contributed by atoms with Crippen LogP contribution in [0.1, 0.15) is 12.8 Å². The van der Waals surface area contributed by atoms with Gasteiger partial charge in [0.15, 0.2) is 0 Å². The first-order valence-corrected chi connectivity index (χ1v) is 8.83. The van der Waals surface area contributed by atoms with Crippen molar-refractivity contribution in [3.63, 3.8) is 0 Å². The van der Waals surface area contributed by atoms with E-state index in [1.54, 1.807) is 0 Å². The number of halogens is 25. The maximum Gasteiger partial charge on any atom is 0.460 e. The topological polar surface area (TPSA) is 0 Å². The van der Waals surface area contributed by atoms with Gasteiger partial charge < -0.3 is 0 Å². The molecule has 0 aromatic rings. The molecule has 0 spiro atoms. The Morgan fingerprint density at radius 1 is 0.275 bits per heavy atom. The van der Waals surface area contributed by atoms with Crippen LogP contribution < -0.4 is 0 Å². The molecule has 0 bridgehead atoms. The minimum absolute atomic E-state index is 1.67.